The molecule has 2 aromatic rings. The molecule has 0 unspecified atom stereocenters. The number of nitrogens with zero attached hydrogens (tertiary/aromatic N) is 2. The van der Waals surface area contributed by atoms with Crippen LogP contribution in [0.5, 0.6) is 0 Å². The topological polar surface area (TPSA) is 29.3 Å². The molecule has 1 aromatic carbocycles. The number of rotatable bonds is 4. The normalized spacial score (nSPS) is 19.5. The van der Waals surface area contributed by atoms with Gasteiger partial charge in [0, 0.05) is 24.0 Å². The van der Waals surface area contributed by atoms with E-state index in [-0.39, 0.29) is 0 Å². The lowest BCUT2D eigenvalue weighted by molar-refractivity contribution is 0.322. The van der Waals surface area contributed by atoms with Gasteiger partial charge in [0.15, 0.2) is 5.89 Å². The number of halogens is 1. The van der Waals surface area contributed by atoms with E-state index in [0.29, 0.717) is 11.8 Å². The first-order valence-electron chi connectivity index (χ1n) is 7.54. The van der Waals surface area contributed by atoms with Gasteiger partial charge in [-0.25, -0.2) is 4.98 Å². The average molecular weight is 305 g/mol. The molecule has 0 aliphatic carbocycles. The van der Waals surface area contributed by atoms with Crippen LogP contribution in [0.1, 0.15) is 49.3 Å². The van der Waals surface area contributed by atoms with E-state index < -0.39 is 0 Å². The standard InChI is InChI=1S/C17H21ClN2O/c1-12(2)17-19-14(11-21-17)10-20-8-7-13(9-20)15-5-3-4-6-16(15)18/h3-6,11-13H,7-10H2,1-2H3/t13-/m0/s1. The van der Waals surface area contributed by atoms with Crippen LogP contribution in [-0.4, -0.2) is 23.0 Å². The Bertz CT molecular complexity index is 608. The van der Waals surface area contributed by atoms with Crippen LogP contribution in [0.4, 0.5) is 0 Å². The van der Waals surface area contributed by atoms with Crippen molar-refractivity contribution in [2.45, 2.75) is 38.6 Å². The van der Waals surface area contributed by atoms with Gasteiger partial charge in [-0.2, -0.15) is 0 Å². The Hall–Kier alpha value is -1.32. The van der Waals surface area contributed by atoms with Crippen LogP contribution in [-0.2, 0) is 6.54 Å². The first-order chi connectivity index (χ1) is 10.1. The maximum atomic E-state index is 6.30. The Morgan fingerprint density at radius 2 is 2.19 bits per heavy atom. The van der Waals surface area contributed by atoms with Crippen LogP contribution in [0.15, 0.2) is 34.9 Å². The SMILES string of the molecule is CC(C)c1nc(CN2CC[C@H](c3ccccc3Cl)C2)co1. The molecule has 112 valence electrons. The van der Waals surface area contributed by atoms with E-state index in [2.05, 4.69) is 35.9 Å². The van der Waals surface area contributed by atoms with Gasteiger partial charge in [0.25, 0.3) is 0 Å². The van der Waals surface area contributed by atoms with Gasteiger partial charge in [-0.15, -0.1) is 0 Å². The molecule has 0 bridgehead atoms. The predicted molar refractivity (Wildman–Crippen MR) is 84.7 cm³/mol. The van der Waals surface area contributed by atoms with Crippen molar-refractivity contribution in [2.75, 3.05) is 13.1 Å². The van der Waals surface area contributed by atoms with Gasteiger partial charge in [0.2, 0.25) is 0 Å². The maximum Gasteiger partial charge on any atom is 0.196 e. The second-order valence-electron chi connectivity index (χ2n) is 6.07. The van der Waals surface area contributed by atoms with Crippen molar-refractivity contribution < 1.29 is 4.42 Å². The van der Waals surface area contributed by atoms with Gasteiger partial charge in [0.05, 0.1) is 5.69 Å². The Kier molecular flexibility index (Phi) is 4.32. The second kappa shape index (κ2) is 6.20. The van der Waals surface area contributed by atoms with Gasteiger partial charge in [0.1, 0.15) is 6.26 Å². The molecule has 3 rings (SSSR count). The highest BCUT2D eigenvalue weighted by Crippen LogP contribution is 2.32. The number of benzene rings is 1. The molecule has 1 aromatic heterocycles. The third-order valence-corrected chi connectivity index (χ3v) is 4.41. The predicted octanol–water partition coefficient (Wildman–Crippen LogP) is 4.44. The van der Waals surface area contributed by atoms with Crippen LogP contribution >= 0.6 is 11.6 Å². The van der Waals surface area contributed by atoms with Gasteiger partial charge in [-0.1, -0.05) is 43.6 Å². The van der Waals surface area contributed by atoms with Crippen molar-refractivity contribution in [3.8, 4) is 0 Å². The molecule has 0 amide bonds. The second-order valence-corrected chi connectivity index (χ2v) is 6.48. The Labute approximate surface area is 130 Å². The fraction of sp³-hybridized carbons (Fsp3) is 0.471. The molecule has 1 fully saturated rings. The Morgan fingerprint density at radius 1 is 1.38 bits per heavy atom. The van der Waals surface area contributed by atoms with Crippen LogP contribution in [0.25, 0.3) is 0 Å². The molecule has 4 heteroatoms. The van der Waals surface area contributed by atoms with E-state index in [0.717, 1.165) is 42.7 Å². The van der Waals surface area contributed by atoms with Gasteiger partial charge in [-0.05, 0) is 30.5 Å². The van der Waals surface area contributed by atoms with Crippen LogP contribution in [0.2, 0.25) is 5.02 Å². The smallest absolute Gasteiger partial charge is 0.196 e. The molecule has 1 aliphatic heterocycles. The Balaban J connectivity index is 1.63. The summed E-state index contributed by atoms with van der Waals surface area (Å²) < 4.78 is 5.51. The summed E-state index contributed by atoms with van der Waals surface area (Å²) in [6.07, 6.45) is 2.94. The molecule has 1 atom stereocenters. The van der Waals surface area contributed by atoms with Gasteiger partial charge in [-0.3, -0.25) is 4.90 Å². The molecule has 0 N–H and O–H groups in total. The molecule has 1 saturated heterocycles. The van der Waals surface area contributed by atoms with Crippen molar-refractivity contribution in [3.05, 3.63) is 52.7 Å². The zero-order chi connectivity index (χ0) is 14.8. The number of likely N-dealkylation sites (tertiary alicyclic amines) is 1. The molecule has 1 aliphatic rings. The minimum absolute atomic E-state index is 0.341. The van der Waals surface area contributed by atoms with Crippen molar-refractivity contribution >= 4 is 11.6 Å². The minimum atomic E-state index is 0.341. The summed E-state index contributed by atoms with van der Waals surface area (Å²) in [5.74, 6) is 1.69. The number of hydrogen-bond acceptors (Lipinski definition) is 3. The lowest BCUT2D eigenvalue weighted by Gasteiger charge is -2.15. The minimum Gasteiger partial charge on any atom is -0.448 e. The molecule has 21 heavy (non-hydrogen) atoms. The van der Waals surface area contributed by atoms with Crippen LogP contribution < -0.4 is 0 Å². The lowest BCUT2D eigenvalue weighted by Crippen LogP contribution is -2.20. The van der Waals surface area contributed by atoms with E-state index >= 15 is 0 Å². The molecule has 0 spiro atoms. The van der Waals surface area contributed by atoms with Crippen molar-refractivity contribution in [1.82, 2.24) is 9.88 Å². The van der Waals surface area contributed by atoms with Gasteiger partial charge >= 0.3 is 0 Å². The summed E-state index contributed by atoms with van der Waals surface area (Å²) in [4.78, 5) is 6.98. The average Bonchev–Trinajstić information content (AvgIpc) is 3.09. The number of aromatic nitrogens is 1. The van der Waals surface area contributed by atoms with Crippen molar-refractivity contribution in [2.24, 2.45) is 0 Å². The van der Waals surface area contributed by atoms with E-state index in [1.165, 1.54) is 5.56 Å². The summed E-state index contributed by atoms with van der Waals surface area (Å²) in [6.45, 7) is 7.17. The highest BCUT2D eigenvalue weighted by Gasteiger charge is 2.25. The molecular weight excluding hydrogens is 284 g/mol. The summed E-state index contributed by atoms with van der Waals surface area (Å²) in [5.41, 5.74) is 2.29. The van der Waals surface area contributed by atoms with Crippen LogP contribution in [0.3, 0.4) is 0 Å². The van der Waals surface area contributed by atoms with Crippen LogP contribution in [0, 0.1) is 0 Å². The quantitative estimate of drug-likeness (QED) is 0.836. The Morgan fingerprint density at radius 3 is 2.90 bits per heavy atom. The van der Waals surface area contributed by atoms with E-state index in [4.69, 9.17) is 16.0 Å². The molecule has 0 saturated carbocycles. The fourth-order valence-electron chi connectivity index (χ4n) is 2.93. The largest absolute Gasteiger partial charge is 0.448 e. The number of hydrogen-bond donors (Lipinski definition) is 0. The third-order valence-electron chi connectivity index (χ3n) is 4.07. The first-order valence-corrected chi connectivity index (χ1v) is 7.92. The van der Waals surface area contributed by atoms with E-state index in [1.54, 1.807) is 6.26 Å². The summed E-state index contributed by atoms with van der Waals surface area (Å²) >= 11 is 6.30. The van der Waals surface area contributed by atoms with Crippen molar-refractivity contribution in [3.63, 3.8) is 0 Å². The zero-order valence-electron chi connectivity index (χ0n) is 12.6. The molecule has 3 nitrogen and oxygen atoms in total. The highest BCUT2D eigenvalue weighted by molar-refractivity contribution is 6.31. The first kappa shape index (κ1) is 14.6. The molecule has 2 heterocycles. The summed E-state index contributed by atoms with van der Waals surface area (Å²) in [5, 5.41) is 0.882. The molecule has 0 radical (unpaired) electrons. The van der Waals surface area contributed by atoms with Crippen molar-refractivity contribution in [1.29, 1.82) is 0 Å². The summed E-state index contributed by atoms with van der Waals surface area (Å²) in [7, 11) is 0. The van der Waals surface area contributed by atoms with Gasteiger partial charge < -0.3 is 4.42 Å². The zero-order valence-corrected chi connectivity index (χ0v) is 13.3. The number of oxazole rings is 1. The van der Waals surface area contributed by atoms with E-state index in [1.807, 2.05) is 12.1 Å². The fourth-order valence-corrected chi connectivity index (χ4v) is 3.22. The lowest BCUT2D eigenvalue weighted by atomic mass is 9.98. The maximum absolute atomic E-state index is 6.30. The molecular formula is C17H21ClN2O. The summed E-state index contributed by atoms with van der Waals surface area (Å²) in [6, 6.07) is 8.17. The van der Waals surface area contributed by atoms with E-state index in [9.17, 15) is 0 Å². The third kappa shape index (κ3) is 3.30. The highest BCUT2D eigenvalue weighted by atomic mass is 35.5. The monoisotopic (exact) mass is 304 g/mol.